The van der Waals surface area contributed by atoms with Gasteiger partial charge in [0.2, 0.25) is 0 Å². The van der Waals surface area contributed by atoms with Gasteiger partial charge in [0.15, 0.2) is 0 Å². The summed E-state index contributed by atoms with van der Waals surface area (Å²) >= 11 is 1.76. The summed E-state index contributed by atoms with van der Waals surface area (Å²) in [5.41, 5.74) is 4.10. The van der Waals surface area contributed by atoms with Crippen LogP contribution < -0.4 is 5.32 Å². The summed E-state index contributed by atoms with van der Waals surface area (Å²) in [6.45, 7) is 2.95. The van der Waals surface area contributed by atoms with Crippen LogP contribution in [0.25, 0.3) is 0 Å². The average molecular weight is 260 g/mol. The number of rotatable bonds is 6. The Kier molecular flexibility index (Phi) is 4.93. The van der Waals surface area contributed by atoms with Crippen LogP contribution in [0.15, 0.2) is 41.1 Å². The van der Waals surface area contributed by atoms with E-state index in [4.69, 9.17) is 0 Å². The van der Waals surface area contributed by atoms with Crippen molar-refractivity contribution in [1.29, 1.82) is 0 Å². The summed E-state index contributed by atoms with van der Waals surface area (Å²) < 4.78 is 0. The first-order valence-corrected chi connectivity index (χ1v) is 7.14. The minimum atomic E-state index is 0.936. The van der Waals surface area contributed by atoms with E-state index in [0.717, 1.165) is 19.6 Å². The molecule has 1 N–H and O–H groups in total. The Morgan fingerprint density at radius 3 is 2.28 bits per heavy atom. The molecule has 1 heterocycles. The van der Waals surface area contributed by atoms with Crippen molar-refractivity contribution in [3.63, 3.8) is 0 Å². The number of thiophene rings is 1. The molecule has 0 saturated carbocycles. The normalized spacial score (nSPS) is 11.1. The molecule has 2 aromatic rings. The van der Waals surface area contributed by atoms with Gasteiger partial charge >= 0.3 is 0 Å². The quantitative estimate of drug-likeness (QED) is 0.858. The molecule has 0 aliphatic rings. The molecule has 0 saturated heterocycles. The first-order valence-electron chi connectivity index (χ1n) is 6.20. The van der Waals surface area contributed by atoms with Crippen LogP contribution in [0.2, 0.25) is 0 Å². The van der Waals surface area contributed by atoms with E-state index in [9.17, 15) is 0 Å². The summed E-state index contributed by atoms with van der Waals surface area (Å²) in [6, 6.07) is 11.0. The lowest BCUT2D eigenvalue weighted by molar-refractivity contribution is 0.319. The predicted molar refractivity (Wildman–Crippen MR) is 78.7 cm³/mol. The Hall–Kier alpha value is -1.16. The van der Waals surface area contributed by atoms with Crippen molar-refractivity contribution in [3.05, 3.63) is 57.8 Å². The van der Waals surface area contributed by atoms with Gasteiger partial charge in [0.1, 0.15) is 0 Å². The van der Waals surface area contributed by atoms with Crippen LogP contribution in [0.4, 0.5) is 0 Å². The van der Waals surface area contributed by atoms with Crippen molar-refractivity contribution >= 4 is 11.3 Å². The molecule has 0 aliphatic heterocycles. The highest BCUT2D eigenvalue weighted by molar-refractivity contribution is 7.07. The average Bonchev–Trinajstić information content (AvgIpc) is 2.84. The van der Waals surface area contributed by atoms with E-state index in [2.05, 4.69) is 58.4 Å². The molecule has 96 valence electrons. The molecule has 0 spiro atoms. The van der Waals surface area contributed by atoms with Crippen LogP contribution in [0.5, 0.6) is 0 Å². The van der Waals surface area contributed by atoms with E-state index >= 15 is 0 Å². The van der Waals surface area contributed by atoms with E-state index < -0.39 is 0 Å². The SMILES string of the molecule is CNCc1ccc(CN(C)Cc2ccsc2)cc1. The van der Waals surface area contributed by atoms with E-state index in [0.29, 0.717) is 0 Å². The summed E-state index contributed by atoms with van der Waals surface area (Å²) in [6.07, 6.45) is 0. The van der Waals surface area contributed by atoms with Gasteiger partial charge < -0.3 is 5.32 Å². The first-order chi connectivity index (χ1) is 8.78. The van der Waals surface area contributed by atoms with Crippen molar-refractivity contribution in [1.82, 2.24) is 10.2 Å². The molecule has 0 radical (unpaired) electrons. The van der Waals surface area contributed by atoms with Gasteiger partial charge in [0.05, 0.1) is 0 Å². The standard InChI is InChI=1S/C15H20N2S/c1-16-9-13-3-5-14(6-4-13)10-17(2)11-15-7-8-18-12-15/h3-8,12,16H,9-11H2,1-2H3. The Morgan fingerprint density at radius 2 is 1.67 bits per heavy atom. The Morgan fingerprint density at radius 1 is 1.00 bits per heavy atom. The molecule has 18 heavy (non-hydrogen) atoms. The second kappa shape index (κ2) is 6.69. The fourth-order valence-corrected chi connectivity index (χ4v) is 2.69. The maximum Gasteiger partial charge on any atom is 0.0242 e. The Balaban J connectivity index is 1.88. The summed E-state index contributed by atoms with van der Waals surface area (Å²) in [5, 5.41) is 7.51. The van der Waals surface area contributed by atoms with Crippen molar-refractivity contribution in [2.24, 2.45) is 0 Å². The summed E-state index contributed by atoms with van der Waals surface area (Å²) in [7, 11) is 4.14. The molecule has 3 heteroatoms. The molecule has 0 amide bonds. The topological polar surface area (TPSA) is 15.3 Å². The third-order valence-corrected chi connectivity index (χ3v) is 3.62. The third kappa shape index (κ3) is 3.95. The van der Waals surface area contributed by atoms with Crippen molar-refractivity contribution in [2.45, 2.75) is 19.6 Å². The molecular weight excluding hydrogens is 240 g/mol. The van der Waals surface area contributed by atoms with Crippen LogP contribution in [-0.4, -0.2) is 19.0 Å². The van der Waals surface area contributed by atoms with E-state index in [-0.39, 0.29) is 0 Å². The highest BCUT2D eigenvalue weighted by atomic mass is 32.1. The van der Waals surface area contributed by atoms with Gasteiger partial charge in [-0.2, -0.15) is 11.3 Å². The fourth-order valence-electron chi connectivity index (χ4n) is 2.03. The first kappa shape index (κ1) is 13.3. The molecule has 1 aromatic heterocycles. The van der Waals surface area contributed by atoms with Gasteiger partial charge in [-0.25, -0.2) is 0 Å². The smallest absolute Gasteiger partial charge is 0.0242 e. The van der Waals surface area contributed by atoms with Gasteiger partial charge in [-0.1, -0.05) is 24.3 Å². The molecule has 0 atom stereocenters. The highest BCUT2D eigenvalue weighted by Gasteiger charge is 2.02. The zero-order chi connectivity index (χ0) is 12.8. The monoisotopic (exact) mass is 260 g/mol. The maximum atomic E-state index is 3.16. The maximum absolute atomic E-state index is 3.16. The number of nitrogens with zero attached hydrogens (tertiary/aromatic N) is 1. The molecule has 1 aromatic carbocycles. The van der Waals surface area contributed by atoms with Crippen molar-refractivity contribution in [3.8, 4) is 0 Å². The lowest BCUT2D eigenvalue weighted by Gasteiger charge is -2.16. The van der Waals surface area contributed by atoms with Crippen molar-refractivity contribution < 1.29 is 0 Å². The fraction of sp³-hybridized carbons (Fsp3) is 0.333. The lowest BCUT2D eigenvalue weighted by atomic mass is 10.1. The van der Waals surface area contributed by atoms with E-state index in [1.54, 1.807) is 11.3 Å². The van der Waals surface area contributed by atoms with Crippen LogP contribution in [0.1, 0.15) is 16.7 Å². The predicted octanol–water partition coefficient (Wildman–Crippen LogP) is 3.10. The van der Waals surface area contributed by atoms with Crippen LogP contribution in [0, 0.1) is 0 Å². The zero-order valence-corrected chi connectivity index (χ0v) is 11.8. The minimum Gasteiger partial charge on any atom is -0.316 e. The Labute approximate surface area is 113 Å². The number of hydrogen-bond donors (Lipinski definition) is 1. The van der Waals surface area contributed by atoms with E-state index in [1.807, 2.05) is 7.05 Å². The molecule has 0 bridgehead atoms. The molecule has 0 fully saturated rings. The zero-order valence-electron chi connectivity index (χ0n) is 11.0. The summed E-state index contributed by atoms with van der Waals surface area (Å²) in [4.78, 5) is 2.34. The third-order valence-electron chi connectivity index (χ3n) is 2.89. The largest absolute Gasteiger partial charge is 0.316 e. The van der Waals surface area contributed by atoms with Crippen LogP contribution in [-0.2, 0) is 19.6 Å². The van der Waals surface area contributed by atoms with Crippen molar-refractivity contribution in [2.75, 3.05) is 14.1 Å². The summed E-state index contributed by atoms with van der Waals surface area (Å²) in [5.74, 6) is 0. The molecule has 0 aliphatic carbocycles. The van der Waals surface area contributed by atoms with Gasteiger partial charge in [-0.15, -0.1) is 0 Å². The van der Waals surface area contributed by atoms with Gasteiger partial charge in [-0.05, 0) is 47.6 Å². The highest BCUT2D eigenvalue weighted by Crippen LogP contribution is 2.11. The second-order valence-corrected chi connectivity index (χ2v) is 5.43. The Bertz CT molecular complexity index is 448. The number of hydrogen-bond acceptors (Lipinski definition) is 3. The number of benzene rings is 1. The molecule has 0 unspecified atom stereocenters. The molecule has 2 nitrogen and oxygen atoms in total. The van der Waals surface area contributed by atoms with Crippen LogP contribution in [0.3, 0.4) is 0 Å². The second-order valence-electron chi connectivity index (χ2n) is 4.65. The van der Waals surface area contributed by atoms with Gasteiger partial charge in [-0.3, -0.25) is 4.90 Å². The van der Waals surface area contributed by atoms with Gasteiger partial charge in [0, 0.05) is 19.6 Å². The lowest BCUT2D eigenvalue weighted by Crippen LogP contribution is -2.16. The number of nitrogens with one attached hydrogen (secondary N) is 1. The molecular formula is C15H20N2S. The van der Waals surface area contributed by atoms with Gasteiger partial charge in [0.25, 0.3) is 0 Å². The van der Waals surface area contributed by atoms with Crippen LogP contribution >= 0.6 is 11.3 Å². The van der Waals surface area contributed by atoms with E-state index in [1.165, 1.54) is 16.7 Å². The minimum absolute atomic E-state index is 0.936. The molecule has 2 rings (SSSR count).